The number of carbonyl (C=O) groups is 1. The van der Waals surface area contributed by atoms with Crippen LogP contribution in [0.25, 0.3) is 0 Å². The number of halogens is 1. The Morgan fingerprint density at radius 1 is 1.30 bits per heavy atom. The number of rotatable bonds is 4. The molecule has 1 heterocycles. The molecule has 2 amide bonds. The van der Waals surface area contributed by atoms with Crippen molar-refractivity contribution in [2.75, 3.05) is 25.4 Å². The lowest BCUT2D eigenvalue weighted by Crippen LogP contribution is -2.42. The van der Waals surface area contributed by atoms with E-state index in [1.165, 1.54) is 18.2 Å². The van der Waals surface area contributed by atoms with Crippen molar-refractivity contribution < 1.29 is 17.6 Å². The summed E-state index contributed by atoms with van der Waals surface area (Å²) in [6.07, 6.45) is 0. The van der Waals surface area contributed by atoms with Gasteiger partial charge in [0.2, 0.25) is 0 Å². The Morgan fingerprint density at radius 3 is 2.52 bits per heavy atom. The Kier molecular flexibility index (Phi) is 3.86. The Morgan fingerprint density at radius 2 is 1.91 bits per heavy atom. The van der Waals surface area contributed by atoms with Crippen LogP contribution in [-0.2, 0) is 9.84 Å². The fourth-order valence-corrected chi connectivity index (χ4v) is 4.75. The van der Waals surface area contributed by atoms with E-state index in [0.29, 0.717) is 17.3 Å². The molecule has 5 nitrogen and oxygen atoms in total. The monoisotopic (exact) mass is 340 g/mol. The number of nitrogens with one attached hydrogen (secondary N) is 1. The average molecular weight is 340 g/mol. The van der Waals surface area contributed by atoms with E-state index in [9.17, 15) is 17.6 Å². The van der Waals surface area contributed by atoms with Crippen LogP contribution in [-0.4, -0.2) is 44.7 Å². The number of amides is 2. The van der Waals surface area contributed by atoms with Crippen LogP contribution in [0.4, 0.5) is 9.18 Å². The van der Waals surface area contributed by atoms with Gasteiger partial charge >= 0.3 is 6.03 Å². The van der Waals surface area contributed by atoms with Gasteiger partial charge in [0.25, 0.3) is 0 Å². The topological polar surface area (TPSA) is 66.5 Å². The molecule has 0 spiro atoms. The fraction of sp³-hybridized carbons (Fsp3) is 0.562. The van der Waals surface area contributed by atoms with Crippen molar-refractivity contribution in [3.8, 4) is 0 Å². The smallest absolute Gasteiger partial charge is 0.317 e. The second-order valence-electron chi connectivity index (χ2n) is 6.92. The van der Waals surface area contributed by atoms with Crippen LogP contribution in [0.2, 0.25) is 0 Å². The Balaban J connectivity index is 1.50. The molecule has 1 aliphatic heterocycles. The van der Waals surface area contributed by atoms with Gasteiger partial charge in [0.15, 0.2) is 9.84 Å². The highest BCUT2D eigenvalue weighted by atomic mass is 32.2. The molecule has 2 unspecified atom stereocenters. The van der Waals surface area contributed by atoms with Gasteiger partial charge in [0.05, 0.1) is 5.75 Å². The molecule has 0 radical (unpaired) electrons. The summed E-state index contributed by atoms with van der Waals surface area (Å²) >= 11 is 0. The van der Waals surface area contributed by atoms with Gasteiger partial charge in [0, 0.05) is 19.6 Å². The van der Waals surface area contributed by atoms with Gasteiger partial charge in [-0.25, -0.2) is 17.6 Å². The number of hydrogen-bond acceptors (Lipinski definition) is 3. The predicted octanol–water partition coefficient (Wildman–Crippen LogP) is 1.90. The molecule has 1 N–H and O–H groups in total. The number of fused-ring (bicyclic) bond motifs is 1. The molecule has 7 heteroatoms. The molecule has 1 aliphatic carbocycles. The number of carbonyl (C=O) groups excluding carboxylic acids is 1. The summed E-state index contributed by atoms with van der Waals surface area (Å²) in [5.41, 5.74) is 0.324. The van der Waals surface area contributed by atoms with Crippen LogP contribution >= 0.6 is 0 Å². The van der Waals surface area contributed by atoms with Crippen LogP contribution in [0.15, 0.2) is 29.2 Å². The minimum atomic E-state index is -3.74. The van der Waals surface area contributed by atoms with E-state index in [0.717, 1.165) is 19.2 Å². The van der Waals surface area contributed by atoms with Crippen molar-refractivity contribution >= 4 is 15.9 Å². The van der Waals surface area contributed by atoms with E-state index in [4.69, 9.17) is 0 Å². The summed E-state index contributed by atoms with van der Waals surface area (Å²) in [6, 6.07) is 5.03. The van der Waals surface area contributed by atoms with E-state index in [2.05, 4.69) is 19.2 Å². The summed E-state index contributed by atoms with van der Waals surface area (Å²) in [5.74, 6) is 0.0257. The third-order valence-electron chi connectivity index (χ3n) is 5.23. The van der Waals surface area contributed by atoms with Crippen molar-refractivity contribution in [3.63, 3.8) is 0 Å². The molecule has 1 saturated heterocycles. The maximum atomic E-state index is 13.6. The summed E-state index contributed by atoms with van der Waals surface area (Å²) < 4.78 is 37.8. The van der Waals surface area contributed by atoms with Gasteiger partial charge in [-0.05, 0) is 29.4 Å². The van der Waals surface area contributed by atoms with Crippen LogP contribution in [0.1, 0.15) is 13.8 Å². The number of sulfone groups is 1. The second-order valence-corrected chi connectivity index (χ2v) is 9.00. The van der Waals surface area contributed by atoms with E-state index >= 15 is 0 Å². The number of likely N-dealkylation sites (tertiary alicyclic amines) is 1. The van der Waals surface area contributed by atoms with Gasteiger partial charge in [0.1, 0.15) is 10.7 Å². The van der Waals surface area contributed by atoms with E-state index < -0.39 is 15.7 Å². The lowest BCUT2D eigenvalue weighted by Gasteiger charge is -2.22. The molecule has 1 saturated carbocycles. The molecule has 1 aromatic rings. The highest BCUT2D eigenvalue weighted by molar-refractivity contribution is 7.91. The third-order valence-corrected chi connectivity index (χ3v) is 6.97. The standard InChI is InChI=1S/C16H21FN2O3S/c1-16(2)11-9-19(10-12(11)16)15(20)18-7-8-23(21,22)14-6-4-3-5-13(14)17/h3-6,11-12H,7-10H2,1-2H3,(H,18,20). The number of piperidine rings is 1. The molecule has 23 heavy (non-hydrogen) atoms. The molecule has 0 bridgehead atoms. The summed E-state index contributed by atoms with van der Waals surface area (Å²) in [5, 5.41) is 2.62. The van der Waals surface area contributed by atoms with Crippen LogP contribution in [0.5, 0.6) is 0 Å². The SMILES string of the molecule is CC1(C)C2CN(C(=O)NCCS(=O)(=O)c3ccccc3F)CC21. The molecular formula is C16H21FN2O3S. The maximum absolute atomic E-state index is 13.6. The Labute approximate surface area is 135 Å². The first-order valence-electron chi connectivity index (χ1n) is 7.73. The van der Waals surface area contributed by atoms with Gasteiger partial charge < -0.3 is 10.2 Å². The van der Waals surface area contributed by atoms with Gasteiger partial charge in [-0.3, -0.25) is 0 Å². The number of hydrogen-bond donors (Lipinski definition) is 1. The molecule has 2 fully saturated rings. The van der Waals surface area contributed by atoms with E-state index in [1.807, 2.05) is 0 Å². The van der Waals surface area contributed by atoms with Crippen molar-refractivity contribution in [1.29, 1.82) is 0 Å². The summed E-state index contributed by atoms with van der Waals surface area (Å²) in [6.45, 7) is 5.84. The maximum Gasteiger partial charge on any atom is 0.317 e. The minimum absolute atomic E-state index is 0.0231. The van der Waals surface area contributed by atoms with Gasteiger partial charge in [-0.2, -0.15) is 0 Å². The van der Waals surface area contributed by atoms with Crippen molar-refractivity contribution in [3.05, 3.63) is 30.1 Å². The molecule has 1 aromatic carbocycles. The first-order chi connectivity index (χ1) is 10.7. The van der Waals surface area contributed by atoms with Crippen LogP contribution < -0.4 is 5.32 Å². The van der Waals surface area contributed by atoms with E-state index in [1.54, 1.807) is 4.90 Å². The van der Waals surface area contributed by atoms with Crippen LogP contribution in [0.3, 0.4) is 0 Å². The van der Waals surface area contributed by atoms with Crippen molar-refractivity contribution in [2.24, 2.45) is 17.3 Å². The summed E-state index contributed by atoms with van der Waals surface area (Å²) in [4.78, 5) is 13.5. The van der Waals surface area contributed by atoms with E-state index in [-0.39, 0.29) is 23.2 Å². The average Bonchev–Trinajstić information content (AvgIpc) is 2.86. The molecule has 0 aromatic heterocycles. The Hall–Kier alpha value is -1.63. The first-order valence-corrected chi connectivity index (χ1v) is 9.39. The quantitative estimate of drug-likeness (QED) is 0.910. The second kappa shape index (κ2) is 5.47. The number of nitrogens with zero attached hydrogens (tertiary/aromatic N) is 1. The Bertz CT molecular complexity index is 719. The number of benzene rings is 1. The summed E-state index contributed by atoms with van der Waals surface area (Å²) in [7, 11) is -3.74. The lowest BCUT2D eigenvalue weighted by molar-refractivity contribution is 0.197. The van der Waals surface area contributed by atoms with Gasteiger partial charge in [-0.15, -0.1) is 0 Å². The zero-order chi connectivity index (χ0) is 16.8. The molecular weight excluding hydrogens is 319 g/mol. The number of urea groups is 1. The zero-order valence-corrected chi connectivity index (χ0v) is 14.1. The highest BCUT2D eigenvalue weighted by Gasteiger charge is 2.62. The van der Waals surface area contributed by atoms with Crippen molar-refractivity contribution in [1.82, 2.24) is 10.2 Å². The third kappa shape index (κ3) is 2.94. The van der Waals surface area contributed by atoms with Crippen LogP contribution in [0, 0.1) is 23.1 Å². The molecule has 2 atom stereocenters. The molecule has 2 aliphatic rings. The van der Waals surface area contributed by atoms with Crippen molar-refractivity contribution in [2.45, 2.75) is 18.7 Å². The minimum Gasteiger partial charge on any atom is -0.337 e. The first kappa shape index (κ1) is 16.2. The highest BCUT2D eigenvalue weighted by Crippen LogP contribution is 2.61. The molecule has 3 rings (SSSR count). The predicted molar refractivity (Wildman–Crippen MR) is 84.2 cm³/mol. The van der Waals surface area contributed by atoms with Gasteiger partial charge in [-0.1, -0.05) is 26.0 Å². The lowest BCUT2D eigenvalue weighted by atomic mass is 10.1. The fourth-order valence-electron chi connectivity index (χ4n) is 3.51. The molecule has 126 valence electrons. The zero-order valence-electron chi connectivity index (χ0n) is 13.3. The largest absolute Gasteiger partial charge is 0.337 e. The normalized spacial score (nSPS) is 25.1.